The number of anilines is 2. The van der Waals surface area contributed by atoms with E-state index in [-0.39, 0.29) is 47.0 Å². The molecule has 2 unspecified atom stereocenters. The smallest absolute Gasteiger partial charge is 0.335 e. The highest BCUT2D eigenvalue weighted by atomic mass is 35.5. The van der Waals surface area contributed by atoms with Crippen LogP contribution in [-0.4, -0.2) is 37.5 Å². The Morgan fingerprint density at radius 3 is 2.53 bits per heavy atom. The fourth-order valence-electron chi connectivity index (χ4n) is 4.91. The number of halogens is 2. The molecule has 0 spiro atoms. The summed E-state index contributed by atoms with van der Waals surface area (Å²) in [6, 6.07) is 3.87. The van der Waals surface area contributed by atoms with E-state index < -0.39 is 23.3 Å². The first kappa shape index (κ1) is 20.6. The van der Waals surface area contributed by atoms with Crippen LogP contribution in [-0.2, 0) is 11.8 Å². The van der Waals surface area contributed by atoms with Crippen LogP contribution in [0.3, 0.4) is 0 Å². The summed E-state index contributed by atoms with van der Waals surface area (Å²) in [5, 5.41) is 26.6. The minimum Gasteiger partial charge on any atom is -0.479 e. The molecule has 2 aliphatic carbocycles. The zero-order valence-corrected chi connectivity index (χ0v) is 17.0. The van der Waals surface area contributed by atoms with Crippen LogP contribution < -0.4 is 11.1 Å². The molecule has 1 aromatic carbocycles. The normalized spacial score (nSPS) is 27.8. The molecule has 1 heterocycles. The zero-order valence-electron chi connectivity index (χ0n) is 16.2. The van der Waals surface area contributed by atoms with Crippen LogP contribution in [0.1, 0.15) is 47.7 Å². The van der Waals surface area contributed by atoms with Gasteiger partial charge >= 0.3 is 5.97 Å². The maximum absolute atomic E-state index is 13.4. The molecular weight excluding hydrogens is 415 g/mol. The van der Waals surface area contributed by atoms with Crippen LogP contribution in [0.5, 0.6) is 0 Å². The van der Waals surface area contributed by atoms with Crippen molar-refractivity contribution in [2.24, 2.45) is 18.9 Å². The molecule has 2 aliphatic rings. The van der Waals surface area contributed by atoms with Crippen LogP contribution in [0.2, 0.25) is 5.02 Å². The van der Waals surface area contributed by atoms with Gasteiger partial charge in [-0.1, -0.05) is 11.6 Å². The second-order valence-electron chi connectivity index (χ2n) is 8.29. The molecule has 0 saturated heterocycles. The third-order valence-corrected chi connectivity index (χ3v) is 6.64. The van der Waals surface area contributed by atoms with Crippen molar-refractivity contribution in [2.75, 3.05) is 11.1 Å². The lowest BCUT2D eigenvalue weighted by Crippen LogP contribution is -2.36. The Bertz CT molecular complexity index is 1030. The monoisotopic (exact) mass is 436 g/mol. The largest absolute Gasteiger partial charge is 0.479 e. The summed E-state index contributed by atoms with van der Waals surface area (Å²) in [4.78, 5) is 24.3. The molecular formula is C20H22ClFN4O4. The van der Waals surface area contributed by atoms with Gasteiger partial charge in [0.2, 0.25) is 0 Å². The lowest BCUT2D eigenvalue weighted by atomic mass is 9.91. The number of carboxylic acids is 1. The fraction of sp³-hybridized carbons (Fsp3) is 0.450. The number of nitrogens with zero attached hydrogens (tertiary/aromatic N) is 2. The predicted molar refractivity (Wildman–Crippen MR) is 108 cm³/mol. The summed E-state index contributed by atoms with van der Waals surface area (Å²) >= 11 is 5.78. The molecule has 160 valence electrons. The van der Waals surface area contributed by atoms with Gasteiger partial charge in [0, 0.05) is 18.7 Å². The number of aliphatic carboxylic acids is 1. The van der Waals surface area contributed by atoms with Crippen LogP contribution in [0.25, 0.3) is 0 Å². The van der Waals surface area contributed by atoms with E-state index in [1.165, 1.54) is 16.8 Å². The van der Waals surface area contributed by atoms with E-state index in [2.05, 4.69) is 10.4 Å². The summed E-state index contributed by atoms with van der Waals surface area (Å²) in [5.41, 5.74) is 5.56. The van der Waals surface area contributed by atoms with Crippen LogP contribution >= 0.6 is 11.6 Å². The van der Waals surface area contributed by atoms with E-state index in [0.29, 0.717) is 24.2 Å². The fourth-order valence-corrected chi connectivity index (χ4v) is 5.09. The molecule has 0 aliphatic heterocycles. The standard InChI is InChI=1S/C20H22ClFN4O4/c1-26-17(23)15(18(27)24-12-2-3-14(22)13(21)6-12)16(25-26)9-4-10-7-20(30,19(28)29)8-11(10)5-9/h2-3,6,9-11,30H,4-5,7-8,23H2,1H3,(H,24,27)(H,28,29). The van der Waals surface area contributed by atoms with Crippen molar-refractivity contribution in [3.8, 4) is 0 Å². The number of benzene rings is 1. The van der Waals surface area contributed by atoms with Gasteiger partial charge in [-0.15, -0.1) is 0 Å². The highest BCUT2D eigenvalue weighted by molar-refractivity contribution is 6.31. The number of nitrogens with one attached hydrogen (secondary N) is 1. The lowest BCUT2D eigenvalue weighted by Gasteiger charge is -2.19. The molecule has 30 heavy (non-hydrogen) atoms. The second-order valence-corrected chi connectivity index (χ2v) is 8.69. The average molecular weight is 437 g/mol. The van der Waals surface area contributed by atoms with Gasteiger partial charge in [-0.05, 0) is 55.7 Å². The predicted octanol–water partition coefficient (Wildman–Crippen LogP) is 2.77. The number of rotatable bonds is 4. The Hall–Kier alpha value is -2.65. The van der Waals surface area contributed by atoms with Crippen molar-refractivity contribution < 1.29 is 24.2 Å². The quantitative estimate of drug-likeness (QED) is 0.583. The van der Waals surface area contributed by atoms with E-state index in [0.717, 1.165) is 6.07 Å². The summed E-state index contributed by atoms with van der Waals surface area (Å²) in [7, 11) is 1.64. The van der Waals surface area contributed by atoms with Crippen molar-refractivity contribution in [3.05, 3.63) is 40.3 Å². The van der Waals surface area contributed by atoms with Crippen molar-refractivity contribution in [3.63, 3.8) is 0 Å². The topological polar surface area (TPSA) is 130 Å². The number of aryl methyl sites for hydroxylation is 1. The zero-order chi connectivity index (χ0) is 21.8. The van der Waals surface area contributed by atoms with Gasteiger partial charge in [0.1, 0.15) is 17.2 Å². The Morgan fingerprint density at radius 1 is 1.33 bits per heavy atom. The molecule has 5 N–H and O–H groups in total. The lowest BCUT2D eigenvalue weighted by molar-refractivity contribution is -0.158. The number of aromatic nitrogens is 2. The van der Waals surface area contributed by atoms with Gasteiger partial charge in [0.05, 0.1) is 10.7 Å². The van der Waals surface area contributed by atoms with E-state index in [1.54, 1.807) is 7.05 Å². The first-order valence-corrected chi connectivity index (χ1v) is 10.0. The number of carboxylic acid groups (broad SMARTS) is 1. The number of aliphatic hydroxyl groups is 1. The van der Waals surface area contributed by atoms with Crippen LogP contribution in [0, 0.1) is 17.7 Å². The summed E-state index contributed by atoms with van der Waals surface area (Å²) < 4.78 is 14.8. The van der Waals surface area contributed by atoms with Gasteiger partial charge < -0.3 is 21.3 Å². The molecule has 0 bridgehead atoms. The SMILES string of the molecule is Cn1nc(C2CC3CC(O)(C(=O)O)CC3C2)c(C(=O)Nc2ccc(F)c(Cl)c2)c1N. The summed E-state index contributed by atoms with van der Waals surface area (Å²) in [6.45, 7) is 0. The van der Waals surface area contributed by atoms with E-state index >= 15 is 0 Å². The Morgan fingerprint density at radius 2 is 1.97 bits per heavy atom. The maximum Gasteiger partial charge on any atom is 0.335 e. The third kappa shape index (κ3) is 3.41. The Kier molecular flexibility index (Phi) is 4.98. The van der Waals surface area contributed by atoms with Crippen molar-refractivity contribution in [2.45, 2.75) is 37.2 Å². The molecule has 1 aromatic heterocycles. The molecule has 2 aromatic rings. The highest BCUT2D eigenvalue weighted by Gasteiger charge is 2.53. The molecule has 4 rings (SSSR count). The molecule has 10 heteroatoms. The first-order valence-electron chi connectivity index (χ1n) is 9.63. The minimum atomic E-state index is -1.68. The van der Waals surface area contributed by atoms with E-state index in [1.807, 2.05) is 0 Å². The highest BCUT2D eigenvalue weighted by Crippen LogP contribution is 2.54. The number of carbonyl (C=O) groups excluding carboxylic acids is 1. The number of hydrogen-bond acceptors (Lipinski definition) is 5. The van der Waals surface area contributed by atoms with Gasteiger partial charge in [0.25, 0.3) is 5.91 Å². The Balaban J connectivity index is 1.56. The van der Waals surface area contributed by atoms with Crippen molar-refractivity contribution in [1.29, 1.82) is 0 Å². The second kappa shape index (κ2) is 7.24. The Labute approximate surface area is 176 Å². The molecule has 8 nitrogen and oxygen atoms in total. The third-order valence-electron chi connectivity index (χ3n) is 6.35. The van der Waals surface area contributed by atoms with E-state index in [4.69, 9.17) is 17.3 Å². The number of nitrogens with two attached hydrogens (primary N) is 1. The molecule has 2 fully saturated rings. The molecule has 0 radical (unpaired) electrons. The summed E-state index contributed by atoms with van der Waals surface area (Å²) in [6.07, 6.45) is 1.64. The van der Waals surface area contributed by atoms with Crippen molar-refractivity contribution >= 4 is 35.0 Å². The van der Waals surface area contributed by atoms with Gasteiger partial charge in [0.15, 0.2) is 5.60 Å². The number of nitrogen functional groups attached to an aromatic ring is 1. The molecule has 2 saturated carbocycles. The van der Waals surface area contributed by atoms with Gasteiger partial charge in [-0.25, -0.2) is 9.18 Å². The molecule has 2 atom stereocenters. The number of fused-ring (bicyclic) bond motifs is 1. The van der Waals surface area contributed by atoms with Crippen LogP contribution in [0.15, 0.2) is 18.2 Å². The van der Waals surface area contributed by atoms with Crippen LogP contribution in [0.4, 0.5) is 15.9 Å². The van der Waals surface area contributed by atoms with Gasteiger partial charge in [-0.3, -0.25) is 9.48 Å². The summed E-state index contributed by atoms with van der Waals surface area (Å²) in [5.74, 6) is -2.02. The maximum atomic E-state index is 13.4. The molecule has 1 amide bonds. The number of amides is 1. The average Bonchev–Trinajstić information content (AvgIpc) is 3.28. The van der Waals surface area contributed by atoms with E-state index in [9.17, 15) is 24.2 Å². The van der Waals surface area contributed by atoms with Crippen molar-refractivity contribution in [1.82, 2.24) is 9.78 Å². The minimum absolute atomic E-state index is 0.0474. The number of carbonyl (C=O) groups is 2. The van der Waals surface area contributed by atoms with Gasteiger partial charge in [-0.2, -0.15) is 5.10 Å². The first-order chi connectivity index (χ1) is 14.1. The number of hydrogen-bond donors (Lipinski definition) is 4.